The molecule has 4 nitrogen and oxygen atoms in total. The Balaban J connectivity index is 1.50. The molecular formula is C23H24BrClN2O2. The number of hydrogen-bond donors (Lipinski definition) is 0. The van der Waals surface area contributed by atoms with Gasteiger partial charge in [-0.3, -0.25) is 9.88 Å². The van der Waals surface area contributed by atoms with Gasteiger partial charge in [0.15, 0.2) is 12.5 Å². The molecule has 3 heterocycles. The average molecular weight is 476 g/mol. The first-order valence-electron chi connectivity index (χ1n) is 10.3. The SMILES string of the molecule is CCOC1OC1N1CCC(=C2c3ccc(Cl)cc3CCc3cc(Br)cnc32)CC1. The van der Waals surface area contributed by atoms with Crippen LogP contribution in [0.1, 0.15) is 42.1 Å². The molecule has 2 atom stereocenters. The number of benzene rings is 1. The summed E-state index contributed by atoms with van der Waals surface area (Å²) in [5, 5.41) is 0.802. The molecule has 29 heavy (non-hydrogen) atoms. The van der Waals surface area contributed by atoms with E-state index >= 15 is 0 Å². The summed E-state index contributed by atoms with van der Waals surface area (Å²) in [7, 11) is 0. The van der Waals surface area contributed by atoms with Crippen LogP contribution in [-0.2, 0) is 22.3 Å². The van der Waals surface area contributed by atoms with E-state index in [1.165, 1.54) is 27.8 Å². The highest BCUT2D eigenvalue weighted by Gasteiger charge is 2.45. The number of likely N-dealkylation sites (tertiary alicyclic amines) is 1. The highest BCUT2D eigenvalue weighted by molar-refractivity contribution is 9.10. The fourth-order valence-corrected chi connectivity index (χ4v) is 5.17. The Bertz CT molecular complexity index is 912. The van der Waals surface area contributed by atoms with Crippen molar-refractivity contribution in [1.82, 2.24) is 9.88 Å². The van der Waals surface area contributed by atoms with Gasteiger partial charge in [-0.25, -0.2) is 0 Å². The lowest BCUT2D eigenvalue weighted by atomic mass is 9.88. The molecule has 0 N–H and O–H groups in total. The first-order valence-corrected chi connectivity index (χ1v) is 11.5. The van der Waals surface area contributed by atoms with Crippen molar-refractivity contribution in [3.8, 4) is 0 Å². The molecule has 3 aliphatic rings. The van der Waals surface area contributed by atoms with Crippen LogP contribution >= 0.6 is 27.5 Å². The van der Waals surface area contributed by atoms with Crippen molar-refractivity contribution in [3.05, 3.63) is 67.9 Å². The molecule has 152 valence electrons. The average Bonchev–Trinajstić information content (AvgIpc) is 3.50. The van der Waals surface area contributed by atoms with E-state index in [-0.39, 0.29) is 12.5 Å². The highest BCUT2D eigenvalue weighted by Crippen LogP contribution is 2.40. The van der Waals surface area contributed by atoms with Crippen molar-refractivity contribution in [1.29, 1.82) is 0 Å². The predicted octanol–water partition coefficient (Wildman–Crippen LogP) is 5.21. The molecule has 2 aliphatic heterocycles. The van der Waals surface area contributed by atoms with Gasteiger partial charge < -0.3 is 9.47 Å². The number of ether oxygens (including phenoxy) is 2. The predicted molar refractivity (Wildman–Crippen MR) is 118 cm³/mol. The van der Waals surface area contributed by atoms with Gasteiger partial charge in [0.25, 0.3) is 0 Å². The summed E-state index contributed by atoms with van der Waals surface area (Å²) in [5.41, 5.74) is 7.84. The molecule has 2 unspecified atom stereocenters. The Hall–Kier alpha value is -1.24. The van der Waals surface area contributed by atoms with E-state index in [2.05, 4.69) is 39.0 Å². The molecule has 0 spiro atoms. The highest BCUT2D eigenvalue weighted by atomic mass is 79.9. The number of pyridine rings is 1. The van der Waals surface area contributed by atoms with Crippen LogP contribution in [0.4, 0.5) is 0 Å². The molecule has 1 aliphatic carbocycles. The number of aromatic nitrogens is 1. The maximum atomic E-state index is 6.33. The van der Waals surface area contributed by atoms with Crippen molar-refractivity contribution >= 4 is 33.1 Å². The number of nitrogens with zero attached hydrogens (tertiary/aromatic N) is 2. The smallest absolute Gasteiger partial charge is 0.199 e. The summed E-state index contributed by atoms with van der Waals surface area (Å²) in [4.78, 5) is 7.27. The second-order valence-corrected chi connectivity index (χ2v) is 9.18. The number of hydrogen-bond acceptors (Lipinski definition) is 4. The number of epoxide rings is 1. The minimum atomic E-state index is -0.0466. The topological polar surface area (TPSA) is 37.9 Å². The molecule has 2 saturated heterocycles. The minimum absolute atomic E-state index is 0.0466. The van der Waals surface area contributed by atoms with Gasteiger partial charge in [-0.05, 0) is 83.4 Å². The second kappa shape index (κ2) is 8.12. The number of rotatable bonds is 3. The lowest BCUT2D eigenvalue weighted by Crippen LogP contribution is -2.35. The Morgan fingerprint density at radius 1 is 1.17 bits per heavy atom. The molecule has 6 heteroatoms. The van der Waals surface area contributed by atoms with Crippen molar-refractivity contribution in [2.45, 2.75) is 45.1 Å². The fraction of sp³-hybridized carbons (Fsp3) is 0.435. The Morgan fingerprint density at radius 3 is 2.76 bits per heavy atom. The van der Waals surface area contributed by atoms with Crippen LogP contribution in [0.3, 0.4) is 0 Å². The zero-order valence-corrected chi connectivity index (χ0v) is 18.8. The quantitative estimate of drug-likeness (QED) is 0.571. The van der Waals surface area contributed by atoms with Crippen molar-refractivity contribution in [2.75, 3.05) is 19.7 Å². The zero-order chi connectivity index (χ0) is 20.0. The van der Waals surface area contributed by atoms with Crippen LogP contribution < -0.4 is 0 Å². The van der Waals surface area contributed by atoms with Gasteiger partial charge in [0, 0.05) is 41.0 Å². The molecule has 5 rings (SSSR count). The molecular weight excluding hydrogens is 452 g/mol. The van der Waals surface area contributed by atoms with E-state index in [9.17, 15) is 0 Å². The molecule has 1 aromatic heterocycles. The van der Waals surface area contributed by atoms with Gasteiger partial charge in [-0.1, -0.05) is 23.2 Å². The van der Waals surface area contributed by atoms with E-state index in [4.69, 9.17) is 26.1 Å². The van der Waals surface area contributed by atoms with Gasteiger partial charge in [-0.2, -0.15) is 0 Å². The van der Waals surface area contributed by atoms with E-state index in [1.54, 1.807) is 0 Å². The molecule has 2 fully saturated rings. The molecule has 2 aromatic rings. The summed E-state index contributed by atoms with van der Waals surface area (Å²) in [6.07, 6.45) is 6.00. The van der Waals surface area contributed by atoms with Gasteiger partial charge in [0.2, 0.25) is 0 Å². The first-order chi connectivity index (χ1) is 14.1. The standard InChI is InChI=1S/C23H24BrClN2O2/c1-2-28-23-22(29-23)27-9-7-14(8-10-27)20-19-6-5-18(25)12-15(19)3-4-16-11-17(24)13-26-21(16)20/h5-6,11-13,22-23H,2-4,7-10H2,1H3. The van der Waals surface area contributed by atoms with Gasteiger partial charge in [-0.15, -0.1) is 0 Å². The molecule has 0 saturated carbocycles. The Morgan fingerprint density at radius 2 is 1.97 bits per heavy atom. The third-order valence-corrected chi connectivity index (χ3v) is 6.71. The number of halogens is 2. The van der Waals surface area contributed by atoms with E-state index in [0.29, 0.717) is 6.61 Å². The largest absolute Gasteiger partial charge is 0.349 e. The van der Waals surface area contributed by atoms with Crippen LogP contribution in [-0.4, -0.2) is 42.1 Å². The molecule has 0 amide bonds. The lowest BCUT2D eigenvalue weighted by molar-refractivity contribution is 0.0591. The normalized spacial score (nSPS) is 24.1. The zero-order valence-electron chi connectivity index (χ0n) is 16.5. The summed E-state index contributed by atoms with van der Waals surface area (Å²) in [6, 6.07) is 8.53. The van der Waals surface area contributed by atoms with Crippen molar-refractivity contribution < 1.29 is 9.47 Å². The fourth-order valence-electron chi connectivity index (χ4n) is 4.60. The van der Waals surface area contributed by atoms with Crippen LogP contribution in [0.15, 0.2) is 40.5 Å². The number of fused-ring (bicyclic) bond motifs is 2. The van der Waals surface area contributed by atoms with Crippen LogP contribution in [0, 0.1) is 0 Å². The van der Waals surface area contributed by atoms with Crippen LogP contribution in [0.25, 0.3) is 5.57 Å². The summed E-state index contributed by atoms with van der Waals surface area (Å²) >= 11 is 9.92. The van der Waals surface area contributed by atoms with E-state index in [0.717, 1.165) is 54.0 Å². The van der Waals surface area contributed by atoms with E-state index in [1.807, 2.05) is 19.2 Å². The first kappa shape index (κ1) is 19.7. The second-order valence-electron chi connectivity index (χ2n) is 7.83. The van der Waals surface area contributed by atoms with E-state index < -0.39 is 0 Å². The third kappa shape index (κ3) is 3.91. The number of aryl methyl sites for hydroxylation is 2. The van der Waals surface area contributed by atoms with Gasteiger partial charge in [0.1, 0.15) is 0 Å². The minimum Gasteiger partial charge on any atom is -0.349 e. The van der Waals surface area contributed by atoms with Crippen LogP contribution in [0.2, 0.25) is 5.02 Å². The lowest BCUT2D eigenvalue weighted by Gasteiger charge is -2.29. The van der Waals surface area contributed by atoms with Crippen molar-refractivity contribution in [2.24, 2.45) is 0 Å². The summed E-state index contributed by atoms with van der Waals surface area (Å²) in [6.45, 7) is 4.68. The number of piperidine rings is 1. The van der Waals surface area contributed by atoms with Crippen molar-refractivity contribution in [3.63, 3.8) is 0 Å². The maximum absolute atomic E-state index is 6.33. The summed E-state index contributed by atoms with van der Waals surface area (Å²) in [5.74, 6) is 0. The molecule has 0 radical (unpaired) electrons. The van der Waals surface area contributed by atoms with Crippen LogP contribution in [0.5, 0.6) is 0 Å². The maximum Gasteiger partial charge on any atom is 0.199 e. The molecule has 0 bridgehead atoms. The summed E-state index contributed by atoms with van der Waals surface area (Å²) < 4.78 is 12.3. The van der Waals surface area contributed by atoms with Gasteiger partial charge in [0.05, 0.1) is 5.69 Å². The Labute approximate surface area is 185 Å². The monoisotopic (exact) mass is 474 g/mol. The van der Waals surface area contributed by atoms with Gasteiger partial charge >= 0.3 is 0 Å². The third-order valence-electron chi connectivity index (χ3n) is 6.05. The molecule has 1 aromatic carbocycles. The Kier molecular flexibility index (Phi) is 5.52.